The van der Waals surface area contributed by atoms with Crippen LogP contribution in [-0.4, -0.2) is 59.1 Å². The van der Waals surface area contributed by atoms with Gasteiger partial charge >= 0.3 is 0 Å². The average Bonchev–Trinajstić information content (AvgIpc) is 2.96. The van der Waals surface area contributed by atoms with Crippen molar-refractivity contribution in [1.29, 1.82) is 0 Å². The van der Waals surface area contributed by atoms with Crippen molar-refractivity contribution in [2.45, 2.75) is 6.54 Å². The number of phenolic OH excluding ortho intramolecular Hbond substituents is 1. The highest BCUT2D eigenvalue weighted by molar-refractivity contribution is 6.32. The van der Waals surface area contributed by atoms with E-state index in [9.17, 15) is 14.7 Å². The Kier molecular flexibility index (Phi) is 8.12. The van der Waals surface area contributed by atoms with Crippen LogP contribution in [0.4, 0.5) is 0 Å². The molecule has 1 aliphatic heterocycles. The van der Waals surface area contributed by atoms with E-state index in [2.05, 4.69) is 15.4 Å². The quantitative estimate of drug-likeness (QED) is 0.238. The minimum absolute atomic E-state index is 0.00153. The van der Waals surface area contributed by atoms with Crippen LogP contribution in [0.15, 0.2) is 84.0 Å². The van der Waals surface area contributed by atoms with Crippen LogP contribution in [0.2, 0.25) is 10.0 Å². The number of hydrogen-bond donors (Lipinski definition) is 2. The molecule has 0 aliphatic carbocycles. The molecule has 4 aromatic rings. The van der Waals surface area contributed by atoms with Crippen molar-refractivity contribution in [3.05, 3.63) is 111 Å². The third-order valence-corrected chi connectivity index (χ3v) is 7.30. The summed E-state index contributed by atoms with van der Waals surface area (Å²) in [6.45, 7) is 3.72. The Hall–Kier alpha value is -3.91. The van der Waals surface area contributed by atoms with Crippen molar-refractivity contribution in [2.24, 2.45) is 5.10 Å². The highest BCUT2D eigenvalue weighted by Gasteiger charge is 2.24. The van der Waals surface area contributed by atoms with Crippen molar-refractivity contribution >= 4 is 52.0 Å². The van der Waals surface area contributed by atoms with Crippen molar-refractivity contribution < 1.29 is 14.7 Å². The largest absolute Gasteiger partial charge is 0.506 e. The second-order valence-electron chi connectivity index (χ2n) is 9.31. The Morgan fingerprint density at radius 2 is 1.62 bits per heavy atom. The number of aromatic hydroxyl groups is 1. The molecule has 0 saturated carbocycles. The number of piperazine rings is 1. The van der Waals surface area contributed by atoms with E-state index in [-0.39, 0.29) is 22.2 Å². The van der Waals surface area contributed by atoms with Crippen molar-refractivity contribution in [1.82, 2.24) is 15.2 Å². The molecule has 1 fully saturated rings. The van der Waals surface area contributed by atoms with Gasteiger partial charge in [-0.15, -0.1) is 0 Å². The van der Waals surface area contributed by atoms with Crippen LogP contribution in [0.5, 0.6) is 5.75 Å². The van der Waals surface area contributed by atoms with E-state index in [1.54, 1.807) is 6.21 Å². The summed E-state index contributed by atoms with van der Waals surface area (Å²) >= 11 is 11.9. The highest BCUT2D eigenvalue weighted by atomic mass is 35.5. The van der Waals surface area contributed by atoms with Crippen LogP contribution >= 0.6 is 23.2 Å². The van der Waals surface area contributed by atoms with Crippen molar-refractivity contribution in [3.63, 3.8) is 0 Å². The van der Waals surface area contributed by atoms with Gasteiger partial charge in [-0.05, 0) is 52.7 Å². The lowest BCUT2D eigenvalue weighted by Crippen LogP contribution is -2.48. The number of phenols is 1. The molecule has 198 valence electrons. The molecule has 0 unspecified atom stereocenters. The van der Waals surface area contributed by atoms with Gasteiger partial charge in [0.25, 0.3) is 11.8 Å². The zero-order valence-corrected chi connectivity index (χ0v) is 22.5. The lowest BCUT2D eigenvalue weighted by molar-refractivity contribution is 0.0630. The standard InChI is InChI=1S/C30H26Cl2N4O3/c31-23-9-5-20(6-10-23)19-35-13-15-36(16-14-35)30(39)26-11-7-22(24-3-1-2-4-25(24)26)18-33-34-29(38)21-8-12-28(37)27(32)17-21/h1-12,17-18,37H,13-16,19H2,(H,34,38)/b33-18+. The first-order valence-electron chi connectivity index (χ1n) is 12.5. The van der Waals surface area contributed by atoms with Crippen LogP contribution in [0, 0.1) is 0 Å². The lowest BCUT2D eigenvalue weighted by atomic mass is 9.99. The van der Waals surface area contributed by atoms with Crippen LogP contribution < -0.4 is 5.43 Å². The molecule has 7 nitrogen and oxygen atoms in total. The summed E-state index contributed by atoms with van der Waals surface area (Å²) in [5.74, 6) is -0.560. The third-order valence-electron chi connectivity index (χ3n) is 6.75. The number of hydrogen-bond acceptors (Lipinski definition) is 5. The Morgan fingerprint density at radius 1 is 0.897 bits per heavy atom. The zero-order chi connectivity index (χ0) is 27.4. The predicted octanol–water partition coefficient (Wildman–Crippen LogP) is 5.57. The van der Waals surface area contributed by atoms with E-state index in [4.69, 9.17) is 23.2 Å². The molecule has 1 saturated heterocycles. The fourth-order valence-electron chi connectivity index (χ4n) is 4.62. The molecule has 5 rings (SSSR count). The fraction of sp³-hybridized carbons (Fsp3) is 0.167. The van der Waals surface area contributed by atoms with Crippen LogP contribution in [-0.2, 0) is 6.54 Å². The SMILES string of the molecule is O=C(N/N=C/c1ccc(C(=O)N2CCN(Cc3ccc(Cl)cc3)CC2)c2ccccc12)c1ccc(O)c(Cl)c1. The van der Waals surface area contributed by atoms with Crippen molar-refractivity contribution in [2.75, 3.05) is 26.2 Å². The van der Waals surface area contributed by atoms with Gasteiger partial charge in [-0.25, -0.2) is 5.43 Å². The van der Waals surface area contributed by atoms with Gasteiger partial charge < -0.3 is 10.0 Å². The molecule has 0 bridgehead atoms. The number of fused-ring (bicyclic) bond motifs is 1. The molecule has 39 heavy (non-hydrogen) atoms. The number of carbonyl (C=O) groups excluding carboxylic acids is 2. The number of rotatable bonds is 6. The van der Waals surface area contributed by atoms with Gasteiger partial charge in [-0.2, -0.15) is 5.10 Å². The number of hydrazone groups is 1. The zero-order valence-electron chi connectivity index (χ0n) is 21.0. The fourth-order valence-corrected chi connectivity index (χ4v) is 4.93. The molecule has 0 spiro atoms. The summed E-state index contributed by atoms with van der Waals surface area (Å²) in [6.07, 6.45) is 1.55. The summed E-state index contributed by atoms with van der Waals surface area (Å²) in [5, 5.41) is 16.1. The summed E-state index contributed by atoms with van der Waals surface area (Å²) in [5.41, 5.74) is 5.35. The van der Waals surface area contributed by atoms with Gasteiger partial charge in [0.05, 0.1) is 11.2 Å². The molecule has 0 aromatic heterocycles. The van der Waals surface area contributed by atoms with E-state index in [0.29, 0.717) is 18.7 Å². The molecule has 4 aromatic carbocycles. The van der Waals surface area contributed by atoms with E-state index in [1.165, 1.54) is 23.8 Å². The van der Waals surface area contributed by atoms with E-state index < -0.39 is 5.91 Å². The van der Waals surface area contributed by atoms with Crippen LogP contribution in [0.1, 0.15) is 31.8 Å². The molecular formula is C30H26Cl2N4O3. The van der Waals surface area contributed by atoms with Gasteiger partial charge in [0, 0.05) is 54.4 Å². The molecular weight excluding hydrogens is 535 g/mol. The monoisotopic (exact) mass is 560 g/mol. The molecule has 2 amide bonds. The molecule has 1 heterocycles. The molecule has 2 N–H and O–H groups in total. The first-order valence-corrected chi connectivity index (χ1v) is 13.2. The van der Waals surface area contributed by atoms with Crippen LogP contribution in [0.3, 0.4) is 0 Å². The second kappa shape index (κ2) is 11.9. The smallest absolute Gasteiger partial charge is 0.271 e. The summed E-state index contributed by atoms with van der Waals surface area (Å²) in [7, 11) is 0. The lowest BCUT2D eigenvalue weighted by Gasteiger charge is -2.35. The summed E-state index contributed by atoms with van der Waals surface area (Å²) < 4.78 is 0. The number of nitrogens with one attached hydrogen (secondary N) is 1. The maximum atomic E-state index is 13.5. The van der Waals surface area contributed by atoms with Crippen molar-refractivity contribution in [3.8, 4) is 5.75 Å². The minimum Gasteiger partial charge on any atom is -0.506 e. The molecule has 9 heteroatoms. The summed E-state index contributed by atoms with van der Waals surface area (Å²) in [6, 6.07) is 23.3. The molecule has 0 radical (unpaired) electrons. The first kappa shape index (κ1) is 26.7. The Morgan fingerprint density at radius 3 is 2.33 bits per heavy atom. The predicted molar refractivity (Wildman–Crippen MR) is 155 cm³/mol. The Labute approximate surface area is 236 Å². The van der Waals surface area contributed by atoms with E-state index >= 15 is 0 Å². The number of carbonyl (C=O) groups is 2. The third kappa shape index (κ3) is 6.23. The van der Waals surface area contributed by atoms with Gasteiger partial charge in [0.1, 0.15) is 5.75 Å². The van der Waals surface area contributed by atoms with E-state index in [0.717, 1.165) is 41.0 Å². The molecule has 0 atom stereocenters. The van der Waals surface area contributed by atoms with Gasteiger partial charge in [-0.3, -0.25) is 14.5 Å². The first-order chi connectivity index (χ1) is 18.9. The Balaban J connectivity index is 1.26. The Bertz CT molecular complexity index is 1550. The van der Waals surface area contributed by atoms with Crippen LogP contribution in [0.25, 0.3) is 10.8 Å². The van der Waals surface area contributed by atoms with Gasteiger partial charge in [0.15, 0.2) is 0 Å². The highest BCUT2D eigenvalue weighted by Crippen LogP contribution is 2.25. The number of benzene rings is 4. The maximum absolute atomic E-state index is 13.5. The molecule has 1 aliphatic rings. The van der Waals surface area contributed by atoms with Gasteiger partial charge in [0.2, 0.25) is 0 Å². The minimum atomic E-state index is -0.459. The normalized spacial score (nSPS) is 14.2. The maximum Gasteiger partial charge on any atom is 0.271 e. The number of nitrogens with zero attached hydrogens (tertiary/aromatic N) is 3. The van der Waals surface area contributed by atoms with Gasteiger partial charge in [-0.1, -0.05) is 65.7 Å². The van der Waals surface area contributed by atoms with E-state index in [1.807, 2.05) is 65.6 Å². The number of amides is 2. The summed E-state index contributed by atoms with van der Waals surface area (Å²) in [4.78, 5) is 30.1. The average molecular weight is 561 g/mol. The number of halogens is 2. The second-order valence-corrected chi connectivity index (χ2v) is 10.2. The topological polar surface area (TPSA) is 85.2 Å².